The smallest absolute Gasteiger partial charge is 0.332 e. The first-order chi connectivity index (χ1) is 13.8. The van der Waals surface area contributed by atoms with Gasteiger partial charge in [0.1, 0.15) is 0 Å². The van der Waals surface area contributed by atoms with Crippen LogP contribution in [-0.2, 0) is 20.6 Å². The van der Waals surface area contributed by atoms with Crippen LogP contribution in [0.5, 0.6) is 0 Å². The van der Waals surface area contributed by atoms with Gasteiger partial charge in [0, 0.05) is 37.2 Å². The van der Waals surface area contributed by atoms with Crippen molar-refractivity contribution >= 4 is 40.3 Å². The molecule has 1 saturated heterocycles. The highest BCUT2D eigenvalue weighted by Crippen LogP contribution is 2.28. The number of halogens is 2. The van der Waals surface area contributed by atoms with Crippen LogP contribution in [-0.4, -0.2) is 31.8 Å². The number of hydrogen-bond donors (Lipinski definition) is 0. The first-order valence-corrected chi connectivity index (χ1v) is 10.4. The molecule has 3 aromatic rings. The van der Waals surface area contributed by atoms with Gasteiger partial charge in [-0.15, -0.1) is 0 Å². The molecule has 0 bridgehead atoms. The van der Waals surface area contributed by atoms with Gasteiger partial charge in [-0.3, -0.25) is 18.5 Å². The predicted molar refractivity (Wildman–Crippen MR) is 116 cm³/mol. The molecular weight excluding hydrogens is 413 g/mol. The number of fused-ring (bicyclic) bond motifs is 1. The van der Waals surface area contributed by atoms with E-state index in [1.54, 1.807) is 19.2 Å². The van der Waals surface area contributed by atoms with Gasteiger partial charge in [0.2, 0.25) is 5.95 Å². The number of nitrogens with zero attached hydrogens (tertiary/aromatic N) is 5. The zero-order valence-corrected chi connectivity index (χ0v) is 18.2. The Morgan fingerprint density at radius 1 is 1.10 bits per heavy atom. The first kappa shape index (κ1) is 20.0. The van der Waals surface area contributed by atoms with Gasteiger partial charge in [0.05, 0.1) is 6.54 Å². The average Bonchev–Trinajstić information content (AvgIpc) is 3.07. The van der Waals surface area contributed by atoms with Crippen molar-refractivity contribution < 1.29 is 0 Å². The van der Waals surface area contributed by atoms with Crippen molar-refractivity contribution in [2.75, 3.05) is 18.0 Å². The highest BCUT2D eigenvalue weighted by molar-refractivity contribution is 6.35. The van der Waals surface area contributed by atoms with Gasteiger partial charge in [0.15, 0.2) is 11.2 Å². The number of aryl methyl sites for hydroxylation is 1. The second-order valence-electron chi connectivity index (χ2n) is 7.78. The standard InChI is InChI=1S/C20H23Cl2N5O2/c1-12-6-8-26(9-7-12)19-23-17-16(18(28)25(3)20(29)24(17)2)27(19)11-13-4-5-14(21)10-15(13)22/h4-5,10,12H,6-9,11H2,1-3H3. The fraction of sp³-hybridized carbons (Fsp3) is 0.450. The van der Waals surface area contributed by atoms with E-state index in [4.69, 9.17) is 28.2 Å². The summed E-state index contributed by atoms with van der Waals surface area (Å²) in [5, 5.41) is 1.08. The molecule has 0 amide bonds. The van der Waals surface area contributed by atoms with Gasteiger partial charge in [-0.2, -0.15) is 4.98 Å². The molecule has 3 heterocycles. The van der Waals surface area contributed by atoms with E-state index in [0.29, 0.717) is 39.6 Å². The van der Waals surface area contributed by atoms with Crippen LogP contribution in [0.15, 0.2) is 27.8 Å². The molecule has 0 aliphatic carbocycles. The van der Waals surface area contributed by atoms with E-state index >= 15 is 0 Å². The highest BCUT2D eigenvalue weighted by Gasteiger charge is 2.25. The summed E-state index contributed by atoms with van der Waals surface area (Å²) in [7, 11) is 3.12. The molecule has 0 unspecified atom stereocenters. The summed E-state index contributed by atoms with van der Waals surface area (Å²) in [6.45, 7) is 4.31. The van der Waals surface area contributed by atoms with Crippen molar-refractivity contribution in [3.63, 3.8) is 0 Å². The molecule has 1 aliphatic heterocycles. The lowest BCUT2D eigenvalue weighted by atomic mass is 10.00. The van der Waals surface area contributed by atoms with E-state index in [2.05, 4.69) is 11.8 Å². The molecule has 1 aromatic carbocycles. The molecule has 0 N–H and O–H groups in total. The first-order valence-electron chi connectivity index (χ1n) is 9.63. The van der Waals surface area contributed by atoms with Gasteiger partial charge in [0.25, 0.3) is 5.56 Å². The van der Waals surface area contributed by atoms with Crippen LogP contribution in [0.1, 0.15) is 25.3 Å². The average molecular weight is 436 g/mol. The quantitative estimate of drug-likeness (QED) is 0.633. The molecule has 1 aliphatic rings. The van der Waals surface area contributed by atoms with Crippen LogP contribution < -0.4 is 16.1 Å². The molecule has 0 spiro atoms. The van der Waals surface area contributed by atoms with Gasteiger partial charge >= 0.3 is 5.69 Å². The fourth-order valence-corrected chi connectivity index (χ4v) is 4.32. The number of aromatic nitrogens is 4. The van der Waals surface area contributed by atoms with Gasteiger partial charge < -0.3 is 4.90 Å². The van der Waals surface area contributed by atoms with Crippen LogP contribution in [0.4, 0.5) is 5.95 Å². The molecule has 2 aromatic heterocycles. The molecule has 0 radical (unpaired) electrons. The molecular formula is C20H23Cl2N5O2. The van der Waals surface area contributed by atoms with E-state index in [9.17, 15) is 9.59 Å². The molecule has 7 nitrogen and oxygen atoms in total. The van der Waals surface area contributed by atoms with Gasteiger partial charge in [-0.05, 0) is 36.5 Å². The van der Waals surface area contributed by atoms with E-state index in [-0.39, 0.29) is 5.56 Å². The van der Waals surface area contributed by atoms with Crippen LogP contribution >= 0.6 is 23.2 Å². The number of anilines is 1. The van der Waals surface area contributed by atoms with Crippen molar-refractivity contribution in [2.24, 2.45) is 20.0 Å². The zero-order valence-electron chi connectivity index (χ0n) is 16.7. The summed E-state index contributed by atoms with van der Waals surface area (Å²) >= 11 is 12.5. The molecule has 4 rings (SSSR count). The third-order valence-corrected chi connectivity index (χ3v) is 6.32. The zero-order chi connectivity index (χ0) is 20.9. The summed E-state index contributed by atoms with van der Waals surface area (Å²) in [6.07, 6.45) is 2.11. The summed E-state index contributed by atoms with van der Waals surface area (Å²) < 4.78 is 4.42. The minimum atomic E-state index is -0.393. The highest BCUT2D eigenvalue weighted by atomic mass is 35.5. The van der Waals surface area contributed by atoms with Crippen molar-refractivity contribution in [1.82, 2.24) is 18.7 Å². The fourth-order valence-electron chi connectivity index (χ4n) is 3.86. The monoisotopic (exact) mass is 435 g/mol. The topological polar surface area (TPSA) is 65.1 Å². The van der Waals surface area contributed by atoms with E-state index in [1.807, 2.05) is 10.6 Å². The molecule has 1 fully saturated rings. The van der Waals surface area contributed by atoms with E-state index < -0.39 is 5.69 Å². The Balaban J connectivity index is 1.95. The molecule has 9 heteroatoms. The van der Waals surface area contributed by atoms with Crippen molar-refractivity contribution in [2.45, 2.75) is 26.3 Å². The van der Waals surface area contributed by atoms with Crippen molar-refractivity contribution in [1.29, 1.82) is 0 Å². The second-order valence-corrected chi connectivity index (χ2v) is 8.62. The molecule has 0 atom stereocenters. The Kier molecular flexibility index (Phi) is 5.21. The van der Waals surface area contributed by atoms with Gasteiger partial charge in [-0.25, -0.2) is 4.79 Å². The molecule has 0 saturated carbocycles. The number of imidazole rings is 1. The Bertz CT molecular complexity index is 1200. The van der Waals surface area contributed by atoms with Crippen LogP contribution in [0.2, 0.25) is 10.0 Å². The lowest BCUT2D eigenvalue weighted by Crippen LogP contribution is -2.38. The van der Waals surface area contributed by atoms with E-state index in [0.717, 1.165) is 36.1 Å². The minimum absolute atomic E-state index is 0.362. The Hall–Kier alpha value is -2.25. The van der Waals surface area contributed by atoms with Crippen LogP contribution in [0, 0.1) is 5.92 Å². The maximum Gasteiger partial charge on any atom is 0.332 e. The lowest BCUT2D eigenvalue weighted by Gasteiger charge is -2.31. The van der Waals surface area contributed by atoms with Crippen molar-refractivity contribution in [3.8, 4) is 0 Å². The SMILES string of the molecule is CC1CCN(c2nc3c(c(=O)n(C)c(=O)n3C)n2Cc2ccc(Cl)cc2Cl)CC1. The third kappa shape index (κ3) is 3.46. The Morgan fingerprint density at radius 3 is 2.45 bits per heavy atom. The number of hydrogen-bond acceptors (Lipinski definition) is 4. The van der Waals surface area contributed by atoms with Gasteiger partial charge in [-0.1, -0.05) is 36.2 Å². The molecule has 154 valence electrons. The maximum atomic E-state index is 13.0. The summed E-state index contributed by atoms with van der Waals surface area (Å²) in [4.78, 5) is 32.4. The summed E-state index contributed by atoms with van der Waals surface area (Å²) in [5.74, 6) is 1.35. The predicted octanol–water partition coefficient (Wildman–Crippen LogP) is 3.03. The normalized spacial score (nSPS) is 15.4. The minimum Gasteiger partial charge on any atom is -0.342 e. The number of benzene rings is 1. The van der Waals surface area contributed by atoms with Crippen LogP contribution in [0.25, 0.3) is 11.2 Å². The Labute approximate surface area is 178 Å². The largest absolute Gasteiger partial charge is 0.342 e. The van der Waals surface area contributed by atoms with E-state index in [1.165, 1.54) is 11.6 Å². The third-order valence-electron chi connectivity index (χ3n) is 5.74. The summed E-state index contributed by atoms with van der Waals surface area (Å²) in [5.41, 5.74) is 0.858. The lowest BCUT2D eigenvalue weighted by molar-refractivity contribution is 0.432. The number of rotatable bonds is 3. The van der Waals surface area contributed by atoms with Crippen LogP contribution in [0.3, 0.4) is 0 Å². The van der Waals surface area contributed by atoms with Crippen molar-refractivity contribution in [3.05, 3.63) is 54.6 Å². The number of piperidine rings is 1. The maximum absolute atomic E-state index is 13.0. The second kappa shape index (κ2) is 7.54. The summed E-state index contributed by atoms with van der Waals surface area (Å²) in [6, 6.07) is 5.32. The molecule has 29 heavy (non-hydrogen) atoms. The Morgan fingerprint density at radius 2 is 1.79 bits per heavy atom.